The van der Waals surface area contributed by atoms with Gasteiger partial charge in [-0.2, -0.15) is 0 Å². The van der Waals surface area contributed by atoms with Crippen LogP contribution in [0.5, 0.6) is 0 Å². The summed E-state index contributed by atoms with van der Waals surface area (Å²) in [5, 5.41) is 23.1. The molecule has 0 aliphatic rings. The summed E-state index contributed by atoms with van der Waals surface area (Å²) in [4.78, 5) is 12.4. The SMILES string of the molecule is CCCCCCCCCCC/C=C/CC/C=C/C(O)C(CO)NC(=O)CCCCCCCCCCCCCCCCCCC/C=C\CCCCCCCCCCCCCC. The average Bonchev–Trinajstić information content (AvgIpc) is 3.25. The van der Waals surface area contributed by atoms with Crippen LogP contribution in [0.2, 0.25) is 0 Å². The van der Waals surface area contributed by atoms with Crippen molar-refractivity contribution in [3.63, 3.8) is 0 Å². The molecule has 0 saturated heterocycles. The molecule has 0 aromatic rings. The minimum atomic E-state index is -0.860. The van der Waals surface area contributed by atoms with Crippen LogP contribution in [0.3, 0.4) is 0 Å². The number of aliphatic hydroxyl groups excluding tert-OH is 2. The number of hydrogen-bond donors (Lipinski definition) is 3. The van der Waals surface area contributed by atoms with Gasteiger partial charge in [-0.3, -0.25) is 4.79 Å². The van der Waals surface area contributed by atoms with Gasteiger partial charge in [-0.05, 0) is 57.8 Å². The van der Waals surface area contributed by atoms with Crippen molar-refractivity contribution < 1.29 is 15.0 Å². The van der Waals surface area contributed by atoms with Crippen LogP contribution < -0.4 is 5.32 Å². The molecule has 0 heterocycles. The van der Waals surface area contributed by atoms with E-state index in [1.807, 2.05) is 6.08 Å². The summed E-state index contributed by atoms with van der Waals surface area (Å²) in [6.45, 7) is 4.31. The van der Waals surface area contributed by atoms with Gasteiger partial charge < -0.3 is 15.5 Å². The van der Waals surface area contributed by atoms with E-state index in [2.05, 4.69) is 43.5 Å². The minimum absolute atomic E-state index is 0.0701. The number of aliphatic hydroxyl groups is 2. The van der Waals surface area contributed by atoms with Crippen LogP contribution in [0.25, 0.3) is 0 Å². The second kappa shape index (κ2) is 52.0. The van der Waals surface area contributed by atoms with E-state index in [9.17, 15) is 15.0 Å². The zero-order chi connectivity index (χ0) is 43.5. The number of nitrogens with one attached hydrogen (secondary N) is 1. The van der Waals surface area contributed by atoms with Crippen molar-refractivity contribution in [2.75, 3.05) is 6.61 Å². The molecule has 0 aromatic heterocycles. The number of amides is 1. The Labute approximate surface area is 376 Å². The fourth-order valence-corrected chi connectivity index (χ4v) is 8.43. The monoisotopic (exact) mass is 842 g/mol. The molecule has 4 nitrogen and oxygen atoms in total. The normalized spacial score (nSPS) is 13.1. The summed E-state index contributed by atoms with van der Waals surface area (Å²) in [5.74, 6) is -0.0701. The smallest absolute Gasteiger partial charge is 0.220 e. The molecule has 4 heteroatoms. The Morgan fingerprint density at radius 1 is 0.383 bits per heavy atom. The topological polar surface area (TPSA) is 69.6 Å². The maximum absolute atomic E-state index is 12.4. The van der Waals surface area contributed by atoms with Gasteiger partial charge in [0.2, 0.25) is 5.91 Å². The first-order chi connectivity index (χ1) is 29.7. The highest BCUT2D eigenvalue weighted by Crippen LogP contribution is 2.17. The van der Waals surface area contributed by atoms with Gasteiger partial charge in [0.1, 0.15) is 0 Å². The summed E-state index contributed by atoms with van der Waals surface area (Å²) in [5.41, 5.74) is 0. The van der Waals surface area contributed by atoms with E-state index < -0.39 is 12.1 Å². The van der Waals surface area contributed by atoms with Crippen molar-refractivity contribution in [3.8, 4) is 0 Å². The quantitative estimate of drug-likeness (QED) is 0.0422. The second-order valence-corrected chi connectivity index (χ2v) is 18.6. The van der Waals surface area contributed by atoms with E-state index in [-0.39, 0.29) is 12.5 Å². The fourth-order valence-electron chi connectivity index (χ4n) is 8.43. The Kier molecular flexibility index (Phi) is 50.8. The van der Waals surface area contributed by atoms with Gasteiger partial charge in [-0.15, -0.1) is 0 Å². The number of allylic oxidation sites excluding steroid dienone is 5. The first-order valence-corrected chi connectivity index (χ1v) is 27.2. The van der Waals surface area contributed by atoms with Gasteiger partial charge in [-0.25, -0.2) is 0 Å². The standard InChI is InChI=1S/C56H107NO3/c1-3-5-7-9-11-13-15-17-19-20-21-22-23-24-25-26-27-28-29-30-31-32-33-34-35-36-38-40-42-44-46-48-50-52-56(60)57-54(53-58)55(59)51-49-47-45-43-41-39-37-18-16-14-12-10-8-6-4-2/h24-25,41,43,49,51,54-55,58-59H,3-23,26-40,42,44-48,50,52-53H2,1-2H3,(H,57,60)/b25-24-,43-41+,51-49+. The number of carbonyl (C=O) groups excluding carboxylic acids is 1. The van der Waals surface area contributed by atoms with Gasteiger partial charge in [0.25, 0.3) is 0 Å². The van der Waals surface area contributed by atoms with E-state index in [0.29, 0.717) is 6.42 Å². The molecule has 354 valence electrons. The third kappa shape index (κ3) is 47.7. The van der Waals surface area contributed by atoms with E-state index in [0.717, 1.165) is 32.1 Å². The molecule has 0 fully saturated rings. The van der Waals surface area contributed by atoms with E-state index >= 15 is 0 Å². The second-order valence-electron chi connectivity index (χ2n) is 18.6. The molecule has 1 amide bonds. The predicted molar refractivity (Wildman–Crippen MR) is 267 cm³/mol. The van der Waals surface area contributed by atoms with Crippen LogP contribution in [0.4, 0.5) is 0 Å². The molecule has 2 atom stereocenters. The maximum Gasteiger partial charge on any atom is 0.220 e. The van der Waals surface area contributed by atoms with Gasteiger partial charge in [0, 0.05) is 6.42 Å². The first-order valence-electron chi connectivity index (χ1n) is 27.2. The molecule has 0 radical (unpaired) electrons. The molecule has 0 bridgehead atoms. The number of carbonyl (C=O) groups is 1. The van der Waals surface area contributed by atoms with Crippen LogP contribution in [-0.4, -0.2) is 34.9 Å². The summed E-state index contributed by atoms with van der Waals surface area (Å²) in [7, 11) is 0. The van der Waals surface area contributed by atoms with Gasteiger partial charge in [0.15, 0.2) is 0 Å². The van der Waals surface area contributed by atoms with Gasteiger partial charge >= 0.3 is 0 Å². The fraction of sp³-hybridized carbons (Fsp3) is 0.875. The van der Waals surface area contributed by atoms with E-state index in [1.165, 1.54) is 244 Å². The third-order valence-corrected chi connectivity index (χ3v) is 12.6. The molecule has 3 N–H and O–H groups in total. The minimum Gasteiger partial charge on any atom is -0.394 e. The highest BCUT2D eigenvalue weighted by molar-refractivity contribution is 5.76. The Morgan fingerprint density at radius 3 is 0.967 bits per heavy atom. The molecule has 0 saturated carbocycles. The van der Waals surface area contributed by atoms with Crippen molar-refractivity contribution in [1.82, 2.24) is 5.32 Å². The lowest BCUT2D eigenvalue weighted by Crippen LogP contribution is -2.45. The Hall–Kier alpha value is -1.39. The lowest BCUT2D eigenvalue weighted by Gasteiger charge is -2.19. The Balaban J connectivity index is 3.45. The molecule has 0 aromatic carbocycles. The molecule has 60 heavy (non-hydrogen) atoms. The van der Waals surface area contributed by atoms with Crippen molar-refractivity contribution in [3.05, 3.63) is 36.5 Å². The summed E-state index contributed by atoms with van der Waals surface area (Å²) >= 11 is 0. The van der Waals surface area contributed by atoms with E-state index in [4.69, 9.17) is 0 Å². The first kappa shape index (κ1) is 58.6. The number of unbranched alkanes of at least 4 members (excludes halogenated alkanes) is 39. The van der Waals surface area contributed by atoms with Crippen LogP contribution in [0, 0.1) is 0 Å². The maximum atomic E-state index is 12.4. The predicted octanol–water partition coefficient (Wildman–Crippen LogP) is 17.7. The molecule has 0 aliphatic carbocycles. The molecule has 0 rings (SSSR count). The largest absolute Gasteiger partial charge is 0.394 e. The van der Waals surface area contributed by atoms with Crippen LogP contribution in [0.15, 0.2) is 36.5 Å². The van der Waals surface area contributed by atoms with Crippen LogP contribution in [-0.2, 0) is 4.79 Å². The highest BCUT2D eigenvalue weighted by Gasteiger charge is 2.18. The van der Waals surface area contributed by atoms with Crippen molar-refractivity contribution in [1.29, 1.82) is 0 Å². The number of rotatable bonds is 50. The zero-order valence-corrected chi connectivity index (χ0v) is 40.7. The van der Waals surface area contributed by atoms with Crippen molar-refractivity contribution >= 4 is 5.91 Å². The lowest BCUT2D eigenvalue weighted by molar-refractivity contribution is -0.123. The summed E-state index contributed by atoms with van der Waals surface area (Å²) in [6, 6.07) is -0.637. The lowest BCUT2D eigenvalue weighted by atomic mass is 10.0. The average molecular weight is 842 g/mol. The van der Waals surface area contributed by atoms with E-state index in [1.54, 1.807) is 6.08 Å². The molecule has 0 aliphatic heterocycles. The number of hydrogen-bond acceptors (Lipinski definition) is 3. The zero-order valence-electron chi connectivity index (χ0n) is 40.7. The van der Waals surface area contributed by atoms with Crippen molar-refractivity contribution in [2.24, 2.45) is 0 Å². The van der Waals surface area contributed by atoms with Gasteiger partial charge in [0.05, 0.1) is 18.8 Å². The molecule has 2 unspecified atom stereocenters. The Morgan fingerprint density at radius 2 is 0.650 bits per heavy atom. The van der Waals surface area contributed by atoms with Crippen LogP contribution in [0.1, 0.15) is 296 Å². The van der Waals surface area contributed by atoms with Crippen LogP contribution >= 0.6 is 0 Å². The summed E-state index contributed by atoms with van der Waals surface area (Å²) in [6.07, 6.45) is 70.2. The molecular formula is C56H107NO3. The summed E-state index contributed by atoms with van der Waals surface area (Å²) < 4.78 is 0. The highest BCUT2D eigenvalue weighted by atomic mass is 16.3. The van der Waals surface area contributed by atoms with Gasteiger partial charge in [-0.1, -0.05) is 269 Å². The molecular weight excluding hydrogens is 735 g/mol. The Bertz CT molecular complexity index is 912. The third-order valence-electron chi connectivity index (χ3n) is 12.6. The van der Waals surface area contributed by atoms with Crippen molar-refractivity contribution in [2.45, 2.75) is 309 Å². The molecule has 0 spiro atoms.